The fraction of sp³-hybridized carbons (Fsp3) is 0.385. The minimum absolute atomic E-state index is 0.341. The fourth-order valence-electron chi connectivity index (χ4n) is 4.57. The van der Waals surface area contributed by atoms with Gasteiger partial charge < -0.3 is 8.85 Å². The third-order valence-electron chi connectivity index (χ3n) is 5.62. The molecule has 30 heavy (non-hydrogen) atoms. The Bertz CT molecular complexity index is 911. The summed E-state index contributed by atoms with van der Waals surface area (Å²) in [5.41, 5.74) is 5.45. The second kappa shape index (κ2) is 7.90. The summed E-state index contributed by atoms with van der Waals surface area (Å²) in [4.78, 5) is 0. The van der Waals surface area contributed by atoms with Gasteiger partial charge in [-0.3, -0.25) is 0 Å². The number of benzene rings is 2. The van der Waals surface area contributed by atoms with Gasteiger partial charge in [-0.15, -0.1) is 0 Å². The van der Waals surface area contributed by atoms with Crippen molar-refractivity contribution in [3.8, 4) is 0 Å². The van der Waals surface area contributed by atoms with Gasteiger partial charge in [-0.2, -0.15) is 0 Å². The largest absolute Gasteiger partial charge is 0.547 e. The second-order valence-electron chi connectivity index (χ2n) is 10.5. The first-order chi connectivity index (χ1) is 14.1. The molecule has 158 valence electrons. The molecule has 0 N–H and O–H groups in total. The molecule has 0 saturated carbocycles. The van der Waals surface area contributed by atoms with Gasteiger partial charge in [0.1, 0.15) is 0 Å². The van der Waals surface area contributed by atoms with Crippen LogP contribution in [0.25, 0.3) is 12.2 Å². The molecule has 2 aromatic carbocycles. The van der Waals surface area contributed by atoms with E-state index in [2.05, 4.69) is 100.0 Å². The molecule has 0 bridgehead atoms. The second-order valence-corrected chi connectivity index (χ2v) is 19.3. The van der Waals surface area contributed by atoms with Gasteiger partial charge in [0.25, 0.3) is 0 Å². The summed E-state index contributed by atoms with van der Waals surface area (Å²) in [6.07, 6.45) is 6.68. The Kier molecular flexibility index (Phi) is 5.58. The minimum atomic E-state index is -1.67. The minimum Gasteiger partial charge on any atom is -0.547 e. The molecule has 2 unspecified atom stereocenters. The SMILES string of the molecule is C[Si](C)(C)OC1=Cc2ccccc2C1CCC1C(O[Si](C)(C)C)=Cc2ccccc21. The molecular weight excluding hydrogens is 400 g/mol. The number of rotatable bonds is 7. The zero-order valence-electron chi connectivity index (χ0n) is 19.2. The lowest BCUT2D eigenvalue weighted by molar-refractivity contribution is 0.354. The van der Waals surface area contributed by atoms with Crippen LogP contribution in [0.3, 0.4) is 0 Å². The lowest BCUT2D eigenvalue weighted by Crippen LogP contribution is -2.27. The van der Waals surface area contributed by atoms with Gasteiger partial charge >= 0.3 is 0 Å². The van der Waals surface area contributed by atoms with E-state index in [0.717, 1.165) is 12.8 Å². The van der Waals surface area contributed by atoms with Crippen LogP contribution in [0.2, 0.25) is 39.3 Å². The molecule has 2 atom stereocenters. The molecule has 0 aromatic heterocycles. The lowest BCUT2D eigenvalue weighted by atomic mass is 9.88. The van der Waals surface area contributed by atoms with E-state index in [1.807, 2.05) is 0 Å². The van der Waals surface area contributed by atoms with Gasteiger partial charge in [-0.1, -0.05) is 48.5 Å². The van der Waals surface area contributed by atoms with Crippen molar-refractivity contribution in [2.24, 2.45) is 0 Å². The van der Waals surface area contributed by atoms with Crippen molar-refractivity contribution in [3.05, 3.63) is 82.3 Å². The van der Waals surface area contributed by atoms with Crippen molar-refractivity contribution in [1.82, 2.24) is 0 Å². The maximum atomic E-state index is 6.55. The van der Waals surface area contributed by atoms with E-state index in [1.165, 1.54) is 33.8 Å². The van der Waals surface area contributed by atoms with E-state index >= 15 is 0 Å². The van der Waals surface area contributed by atoms with E-state index in [0.29, 0.717) is 11.8 Å². The Morgan fingerprint density at radius 1 is 0.600 bits per heavy atom. The fourth-order valence-corrected chi connectivity index (χ4v) is 6.39. The van der Waals surface area contributed by atoms with Crippen LogP contribution >= 0.6 is 0 Å². The molecule has 0 saturated heterocycles. The maximum Gasteiger partial charge on any atom is 0.241 e. The van der Waals surface area contributed by atoms with Crippen molar-refractivity contribution in [2.45, 2.75) is 64.0 Å². The quantitative estimate of drug-likeness (QED) is 0.415. The summed E-state index contributed by atoms with van der Waals surface area (Å²) in [6, 6.07) is 17.5. The highest BCUT2D eigenvalue weighted by molar-refractivity contribution is 6.70. The third kappa shape index (κ3) is 4.65. The Labute approximate surface area is 183 Å². The first-order valence-electron chi connectivity index (χ1n) is 11.1. The molecule has 4 rings (SSSR count). The molecule has 0 amide bonds. The van der Waals surface area contributed by atoms with E-state index in [1.54, 1.807) is 0 Å². The highest BCUT2D eigenvalue weighted by atomic mass is 28.4. The van der Waals surface area contributed by atoms with Crippen molar-refractivity contribution < 1.29 is 8.85 Å². The van der Waals surface area contributed by atoms with Crippen LogP contribution in [0.1, 0.15) is 46.9 Å². The van der Waals surface area contributed by atoms with Gasteiger partial charge in [0, 0.05) is 11.8 Å². The maximum absolute atomic E-state index is 6.55. The Morgan fingerprint density at radius 3 is 1.33 bits per heavy atom. The van der Waals surface area contributed by atoms with Gasteiger partial charge in [0.15, 0.2) is 0 Å². The molecule has 0 aliphatic heterocycles. The summed E-state index contributed by atoms with van der Waals surface area (Å²) in [5, 5.41) is 0. The molecule has 0 radical (unpaired) electrons. The monoisotopic (exact) mass is 434 g/mol. The Hall–Kier alpha value is -2.05. The van der Waals surface area contributed by atoms with Crippen molar-refractivity contribution >= 4 is 28.8 Å². The van der Waals surface area contributed by atoms with Crippen molar-refractivity contribution in [3.63, 3.8) is 0 Å². The molecular formula is C26H34O2Si2. The summed E-state index contributed by atoms with van der Waals surface area (Å²) in [7, 11) is -3.33. The predicted octanol–water partition coefficient (Wildman–Crippen LogP) is 7.75. The number of hydrogen-bond donors (Lipinski definition) is 0. The van der Waals surface area contributed by atoms with E-state index in [4.69, 9.17) is 8.85 Å². The summed E-state index contributed by atoms with van der Waals surface area (Å²) >= 11 is 0. The summed E-state index contributed by atoms with van der Waals surface area (Å²) in [5.74, 6) is 3.01. The summed E-state index contributed by atoms with van der Waals surface area (Å²) < 4.78 is 13.1. The summed E-state index contributed by atoms with van der Waals surface area (Å²) in [6.45, 7) is 13.6. The standard InChI is InChI=1S/C26H34O2Si2/c1-29(2,3)27-25-17-19-11-7-9-13-21(19)23(25)15-16-24-22-14-10-8-12-20(22)18-26(24)28-30(4,5)6/h7-14,17-18,23-24H,15-16H2,1-6H3. The average molecular weight is 435 g/mol. The topological polar surface area (TPSA) is 18.5 Å². The normalized spacial score (nSPS) is 20.3. The smallest absolute Gasteiger partial charge is 0.241 e. The van der Waals surface area contributed by atoms with E-state index in [-0.39, 0.29) is 0 Å². The van der Waals surface area contributed by atoms with Crippen LogP contribution < -0.4 is 0 Å². The van der Waals surface area contributed by atoms with Gasteiger partial charge in [-0.25, -0.2) is 0 Å². The molecule has 4 heteroatoms. The predicted molar refractivity (Wildman–Crippen MR) is 132 cm³/mol. The molecule has 0 spiro atoms. The molecule has 0 fully saturated rings. The Balaban J connectivity index is 1.59. The zero-order chi connectivity index (χ0) is 21.5. The van der Waals surface area contributed by atoms with Crippen molar-refractivity contribution in [1.29, 1.82) is 0 Å². The Morgan fingerprint density at radius 2 is 0.967 bits per heavy atom. The molecule has 0 heterocycles. The molecule has 2 aliphatic carbocycles. The van der Waals surface area contributed by atoms with Crippen molar-refractivity contribution in [2.75, 3.05) is 0 Å². The third-order valence-corrected chi connectivity index (χ3v) is 7.31. The number of allylic oxidation sites excluding steroid dienone is 2. The first-order valence-corrected chi connectivity index (χ1v) is 17.9. The average Bonchev–Trinajstić information content (AvgIpc) is 3.14. The van der Waals surface area contributed by atoms with Gasteiger partial charge in [-0.05, 0) is 86.5 Å². The van der Waals surface area contributed by atoms with Crippen LogP contribution in [0.5, 0.6) is 0 Å². The van der Waals surface area contributed by atoms with Crippen LogP contribution in [-0.2, 0) is 8.85 Å². The van der Waals surface area contributed by atoms with E-state index < -0.39 is 16.6 Å². The molecule has 2 nitrogen and oxygen atoms in total. The molecule has 2 aliphatic rings. The van der Waals surface area contributed by atoms with Crippen LogP contribution in [0.15, 0.2) is 60.0 Å². The highest BCUT2D eigenvalue weighted by Crippen LogP contribution is 2.46. The van der Waals surface area contributed by atoms with Crippen LogP contribution in [0.4, 0.5) is 0 Å². The molecule has 2 aromatic rings. The lowest BCUT2D eigenvalue weighted by Gasteiger charge is -2.28. The van der Waals surface area contributed by atoms with Crippen LogP contribution in [-0.4, -0.2) is 16.6 Å². The highest BCUT2D eigenvalue weighted by Gasteiger charge is 2.34. The van der Waals surface area contributed by atoms with Gasteiger partial charge in [0.2, 0.25) is 16.6 Å². The number of hydrogen-bond acceptors (Lipinski definition) is 2. The first kappa shape index (κ1) is 21.2. The zero-order valence-corrected chi connectivity index (χ0v) is 21.2. The van der Waals surface area contributed by atoms with Gasteiger partial charge in [0.05, 0.1) is 11.5 Å². The number of fused-ring (bicyclic) bond motifs is 2. The van der Waals surface area contributed by atoms with E-state index in [9.17, 15) is 0 Å². The van der Waals surface area contributed by atoms with Crippen LogP contribution in [0, 0.1) is 0 Å².